The van der Waals surface area contributed by atoms with Crippen molar-refractivity contribution < 1.29 is 8.83 Å². The highest BCUT2D eigenvalue weighted by atomic mass is 16.4. The van der Waals surface area contributed by atoms with Gasteiger partial charge in [0, 0.05) is 5.69 Å². The average molecular weight is 227 g/mol. The van der Waals surface area contributed by atoms with Gasteiger partial charge in [0.15, 0.2) is 5.76 Å². The number of hydrogen-bond acceptors (Lipinski definition) is 5. The average Bonchev–Trinajstić information content (AvgIpc) is 3.00. The third-order valence-corrected chi connectivity index (χ3v) is 2.35. The molecule has 0 aliphatic rings. The van der Waals surface area contributed by atoms with Gasteiger partial charge in [0.05, 0.1) is 11.8 Å². The number of anilines is 1. The van der Waals surface area contributed by atoms with E-state index >= 15 is 0 Å². The molecular weight excluding hydrogens is 218 g/mol. The number of aromatic nitrogens is 2. The number of nitrogens with two attached hydrogens (primary N) is 1. The maximum absolute atomic E-state index is 5.83. The van der Waals surface area contributed by atoms with E-state index in [4.69, 9.17) is 14.6 Å². The summed E-state index contributed by atoms with van der Waals surface area (Å²) in [4.78, 5) is 0. The molecule has 5 heteroatoms. The molecule has 2 N–H and O–H groups in total. The first-order chi connectivity index (χ1) is 8.34. The Labute approximate surface area is 96.9 Å². The standard InChI is InChI=1S/C12H9N3O2/c13-9-5-2-1-4-8(9)11-14-15-12(17-11)10-6-3-7-16-10/h1-7H,13H2. The minimum atomic E-state index is 0.341. The molecular formula is C12H9N3O2. The lowest BCUT2D eigenvalue weighted by Crippen LogP contribution is -1.88. The van der Waals surface area contributed by atoms with Gasteiger partial charge in [-0.05, 0) is 24.3 Å². The second-order valence-electron chi connectivity index (χ2n) is 3.48. The molecule has 0 aliphatic heterocycles. The van der Waals surface area contributed by atoms with Crippen LogP contribution in [0.5, 0.6) is 0 Å². The van der Waals surface area contributed by atoms with E-state index in [2.05, 4.69) is 10.2 Å². The van der Waals surface area contributed by atoms with Crippen LogP contribution in [0, 0.1) is 0 Å². The van der Waals surface area contributed by atoms with Crippen LogP contribution >= 0.6 is 0 Å². The molecule has 0 saturated heterocycles. The second kappa shape index (κ2) is 3.79. The van der Waals surface area contributed by atoms with Crippen molar-refractivity contribution in [2.45, 2.75) is 0 Å². The Bertz CT molecular complexity index is 629. The molecule has 2 aromatic heterocycles. The topological polar surface area (TPSA) is 78.1 Å². The van der Waals surface area contributed by atoms with E-state index in [1.165, 1.54) is 0 Å². The number of benzene rings is 1. The summed E-state index contributed by atoms with van der Waals surface area (Å²) in [6, 6.07) is 10.8. The van der Waals surface area contributed by atoms with Crippen molar-refractivity contribution in [2.24, 2.45) is 0 Å². The second-order valence-corrected chi connectivity index (χ2v) is 3.48. The van der Waals surface area contributed by atoms with Crippen LogP contribution in [0.2, 0.25) is 0 Å². The summed E-state index contributed by atoms with van der Waals surface area (Å²) in [7, 11) is 0. The first-order valence-corrected chi connectivity index (χ1v) is 5.07. The van der Waals surface area contributed by atoms with Crippen molar-refractivity contribution >= 4 is 5.69 Å². The zero-order valence-electron chi connectivity index (χ0n) is 8.83. The van der Waals surface area contributed by atoms with Gasteiger partial charge in [-0.3, -0.25) is 0 Å². The molecule has 0 unspecified atom stereocenters. The van der Waals surface area contributed by atoms with Crippen molar-refractivity contribution in [1.29, 1.82) is 0 Å². The van der Waals surface area contributed by atoms with E-state index in [0.29, 0.717) is 23.2 Å². The summed E-state index contributed by atoms with van der Waals surface area (Å²) >= 11 is 0. The van der Waals surface area contributed by atoms with Crippen LogP contribution in [0.4, 0.5) is 5.69 Å². The zero-order chi connectivity index (χ0) is 11.7. The fourth-order valence-electron chi connectivity index (χ4n) is 1.52. The monoisotopic (exact) mass is 227 g/mol. The maximum Gasteiger partial charge on any atom is 0.283 e. The van der Waals surface area contributed by atoms with Crippen molar-refractivity contribution in [2.75, 3.05) is 5.73 Å². The van der Waals surface area contributed by atoms with E-state index in [0.717, 1.165) is 5.56 Å². The third kappa shape index (κ3) is 1.67. The minimum Gasteiger partial charge on any atom is -0.459 e. The summed E-state index contributed by atoms with van der Waals surface area (Å²) in [6.07, 6.45) is 1.55. The Balaban J connectivity index is 2.04. The normalized spacial score (nSPS) is 10.6. The number of nitrogen functional groups attached to an aromatic ring is 1. The molecule has 3 aromatic rings. The predicted octanol–water partition coefficient (Wildman–Crippen LogP) is 2.58. The summed E-state index contributed by atoms with van der Waals surface area (Å²) in [5, 5.41) is 7.86. The summed E-state index contributed by atoms with van der Waals surface area (Å²) in [5.41, 5.74) is 7.15. The first kappa shape index (κ1) is 9.65. The van der Waals surface area contributed by atoms with Gasteiger partial charge in [-0.25, -0.2) is 0 Å². The number of furan rings is 1. The molecule has 0 aliphatic carbocycles. The van der Waals surface area contributed by atoms with Crippen LogP contribution in [0.15, 0.2) is 51.5 Å². The number of nitrogens with zero attached hydrogens (tertiary/aromatic N) is 2. The molecule has 1 aromatic carbocycles. The highest BCUT2D eigenvalue weighted by Gasteiger charge is 2.13. The van der Waals surface area contributed by atoms with Crippen LogP contribution in [0.3, 0.4) is 0 Å². The van der Waals surface area contributed by atoms with Crippen LogP contribution in [-0.4, -0.2) is 10.2 Å². The SMILES string of the molecule is Nc1ccccc1-c1nnc(-c2ccco2)o1. The van der Waals surface area contributed by atoms with Crippen LogP contribution in [0.1, 0.15) is 0 Å². The van der Waals surface area contributed by atoms with Gasteiger partial charge in [-0.15, -0.1) is 10.2 Å². The summed E-state index contributed by atoms with van der Waals surface area (Å²) in [6.45, 7) is 0. The molecule has 2 heterocycles. The highest BCUT2D eigenvalue weighted by molar-refractivity contribution is 5.70. The molecule has 0 amide bonds. The largest absolute Gasteiger partial charge is 0.459 e. The molecule has 0 saturated carbocycles. The summed E-state index contributed by atoms with van der Waals surface area (Å²) in [5.74, 6) is 1.26. The Hall–Kier alpha value is -2.56. The predicted molar refractivity (Wildman–Crippen MR) is 61.8 cm³/mol. The fraction of sp³-hybridized carbons (Fsp3) is 0. The van der Waals surface area contributed by atoms with E-state index in [1.807, 2.05) is 18.2 Å². The Morgan fingerprint density at radius 3 is 2.53 bits per heavy atom. The highest BCUT2D eigenvalue weighted by Crippen LogP contribution is 2.27. The molecule has 84 valence electrons. The van der Waals surface area contributed by atoms with Crippen molar-refractivity contribution in [3.05, 3.63) is 42.7 Å². The quantitative estimate of drug-likeness (QED) is 0.681. The van der Waals surface area contributed by atoms with Gasteiger partial charge >= 0.3 is 0 Å². The van der Waals surface area contributed by atoms with Gasteiger partial charge in [0.1, 0.15) is 0 Å². The van der Waals surface area contributed by atoms with Crippen molar-refractivity contribution in [3.8, 4) is 23.1 Å². The lowest BCUT2D eigenvalue weighted by Gasteiger charge is -1.98. The smallest absolute Gasteiger partial charge is 0.283 e. The van der Waals surface area contributed by atoms with Crippen LogP contribution in [-0.2, 0) is 0 Å². The zero-order valence-corrected chi connectivity index (χ0v) is 8.83. The third-order valence-electron chi connectivity index (χ3n) is 2.35. The molecule has 17 heavy (non-hydrogen) atoms. The maximum atomic E-state index is 5.83. The summed E-state index contributed by atoms with van der Waals surface area (Å²) < 4.78 is 10.7. The van der Waals surface area contributed by atoms with Crippen molar-refractivity contribution in [1.82, 2.24) is 10.2 Å². The molecule has 5 nitrogen and oxygen atoms in total. The van der Waals surface area contributed by atoms with Crippen LogP contribution in [0.25, 0.3) is 23.1 Å². The van der Waals surface area contributed by atoms with Crippen LogP contribution < -0.4 is 5.73 Å². The van der Waals surface area contributed by atoms with Gasteiger partial charge in [0.2, 0.25) is 5.89 Å². The molecule has 0 fully saturated rings. The van der Waals surface area contributed by atoms with E-state index in [9.17, 15) is 0 Å². The van der Waals surface area contributed by atoms with E-state index in [-0.39, 0.29) is 0 Å². The molecule has 0 atom stereocenters. The lowest BCUT2D eigenvalue weighted by molar-refractivity contribution is 0.523. The molecule has 0 spiro atoms. The Morgan fingerprint density at radius 2 is 1.76 bits per heavy atom. The Morgan fingerprint density at radius 1 is 0.941 bits per heavy atom. The van der Waals surface area contributed by atoms with Crippen molar-refractivity contribution in [3.63, 3.8) is 0 Å². The van der Waals surface area contributed by atoms with Gasteiger partial charge in [-0.2, -0.15) is 0 Å². The fourth-order valence-corrected chi connectivity index (χ4v) is 1.52. The Kier molecular flexibility index (Phi) is 2.15. The minimum absolute atomic E-state index is 0.341. The van der Waals surface area contributed by atoms with Gasteiger partial charge < -0.3 is 14.6 Å². The number of para-hydroxylation sites is 1. The number of rotatable bonds is 2. The van der Waals surface area contributed by atoms with Gasteiger partial charge in [0.25, 0.3) is 5.89 Å². The van der Waals surface area contributed by atoms with E-state index < -0.39 is 0 Å². The first-order valence-electron chi connectivity index (χ1n) is 5.07. The molecule has 0 bridgehead atoms. The number of hydrogen-bond donors (Lipinski definition) is 1. The molecule has 0 radical (unpaired) electrons. The molecule has 3 rings (SSSR count). The lowest BCUT2D eigenvalue weighted by atomic mass is 10.2. The van der Waals surface area contributed by atoms with Gasteiger partial charge in [-0.1, -0.05) is 12.1 Å². The van der Waals surface area contributed by atoms with E-state index in [1.54, 1.807) is 24.5 Å².